The second-order valence-corrected chi connectivity index (χ2v) is 7.81. The third-order valence-electron chi connectivity index (χ3n) is 4.28. The van der Waals surface area contributed by atoms with Crippen molar-refractivity contribution < 1.29 is 23.5 Å². The zero-order valence-corrected chi connectivity index (χ0v) is 20.9. The standard InChI is InChI=1S/C15H20ClFN2O2.C10H11ClO2/c1-3-4-11(18-2)7-8-19-15(20)10-21-12-5-6-13(16)14(17)9-12;11-9-4-3-5-10(8-9)13-7-2-1-6-12/h4-6,9,18H,3,7-8,10H2,1-2H3,(H,19,20);3-6,8H,1-2,7H2/b11-4+;. The van der Waals surface area contributed by atoms with E-state index in [1.54, 1.807) is 12.1 Å². The van der Waals surface area contributed by atoms with Crippen LogP contribution in [0.25, 0.3) is 0 Å². The van der Waals surface area contributed by atoms with E-state index in [9.17, 15) is 14.0 Å². The topological polar surface area (TPSA) is 76.7 Å². The average molecular weight is 513 g/mol. The summed E-state index contributed by atoms with van der Waals surface area (Å²) < 4.78 is 23.7. The summed E-state index contributed by atoms with van der Waals surface area (Å²) in [7, 11) is 1.85. The maximum absolute atomic E-state index is 13.2. The first-order valence-electron chi connectivity index (χ1n) is 10.9. The molecule has 9 heteroatoms. The van der Waals surface area contributed by atoms with Crippen molar-refractivity contribution in [2.24, 2.45) is 0 Å². The predicted octanol–water partition coefficient (Wildman–Crippen LogP) is 5.58. The molecule has 6 nitrogen and oxygen atoms in total. The molecule has 0 atom stereocenters. The van der Waals surface area contributed by atoms with Crippen LogP contribution in [-0.4, -0.2) is 39.0 Å². The number of hydrogen-bond donors (Lipinski definition) is 2. The number of benzene rings is 2. The number of aldehydes is 1. The van der Waals surface area contributed by atoms with Crippen LogP contribution >= 0.6 is 23.2 Å². The average Bonchev–Trinajstić information content (AvgIpc) is 2.82. The molecule has 0 heterocycles. The van der Waals surface area contributed by atoms with Crippen molar-refractivity contribution in [1.82, 2.24) is 10.6 Å². The summed E-state index contributed by atoms with van der Waals surface area (Å²) in [6, 6.07) is 11.3. The van der Waals surface area contributed by atoms with Gasteiger partial charge in [-0.15, -0.1) is 0 Å². The summed E-state index contributed by atoms with van der Waals surface area (Å²) in [5.74, 6) is 0.197. The number of ether oxygens (including phenoxy) is 2. The summed E-state index contributed by atoms with van der Waals surface area (Å²) in [6.45, 7) is 2.96. The maximum atomic E-state index is 13.2. The van der Waals surface area contributed by atoms with Gasteiger partial charge in [0.05, 0.1) is 11.6 Å². The van der Waals surface area contributed by atoms with Crippen LogP contribution in [0.5, 0.6) is 11.5 Å². The van der Waals surface area contributed by atoms with E-state index in [-0.39, 0.29) is 23.3 Å². The molecular weight excluding hydrogens is 482 g/mol. The zero-order chi connectivity index (χ0) is 25.2. The van der Waals surface area contributed by atoms with Crippen molar-refractivity contribution in [2.75, 3.05) is 26.8 Å². The molecule has 0 unspecified atom stereocenters. The lowest BCUT2D eigenvalue weighted by Crippen LogP contribution is -2.30. The Morgan fingerprint density at radius 3 is 2.53 bits per heavy atom. The van der Waals surface area contributed by atoms with Crippen LogP contribution in [0.15, 0.2) is 54.2 Å². The smallest absolute Gasteiger partial charge is 0.257 e. The number of nitrogens with one attached hydrogen (secondary N) is 2. The maximum Gasteiger partial charge on any atom is 0.257 e. The summed E-state index contributed by atoms with van der Waals surface area (Å²) in [5.41, 5.74) is 1.08. The fourth-order valence-electron chi connectivity index (χ4n) is 2.59. The number of halogens is 3. The van der Waals surface area contributed by atoms with Crippen molar-refractivity contribution in [3.05, 3.63) is 70.1 Å². The van der Waals surface area contributed by atoms with Crippen LogP contribution in [0.3, 0.4) is 0 Å². The van der Waals surface area contributed by atoms with E-state index in [4.69, 9.17) is 32.7 Å². The SMILES string of the molecule is CC/C=C(\CCNC(=O)COc1ccc(Cl)c(F)c1)NC.O=CCCCOc1cccc(Cl)c1. The molecule has 0 saturated carbocycles. The third kappa shape index (κ3) is 13.1. The second kappa shape index (κ2) is 17.7. The van der Waals surface area contributed by atoms with Crippen molar-refractivity contribution in [1.29, 1.82) is 0 Å². The Morgan fingerprint density at radius 1 is 1.12 bits per heavy atom. The summed E-state index contributed by atoms with van der Waals surface area (Å²) in [4.78, 5) is 21.6. The molecule has 2 rings (SSSR count). The molecule has 0 saturated heterocycles. The summed E-state index contributed by atoms with van der Waals surface area (Å²) in [5, 5.41) is 6.49. The van der Waals surface area contributed by atoms with Gasteiger partial charge in [0.2, 0.25) is 0 Å². The fourth-order valence-corrected chi connectivity index (χ4v) is 2.89. The minimum Gasteiger partial charge on any atom is -0.494 e. The minimum absolute atomic E-state index is 0.0223. The number of amides is 1. The molecular formula is C25H31Cl2FN2O4. The van der Waals surface area contributed by atoms with Gasteiger partial charge in [-0.05, 0) is 43.2 Å². The molecule has 0 aliphatic heterocycles. The molecule has 0 aliphatic rings. The molecule has 2 aromatic carbocycles. The lowest BCUT2D eigenvalue weighted by Gasteiger charge is -2.09. The molecule has 2 N–H and O–H groups in total. The highest BCUT2D eigenvalue weighted by atomic mass is 35.5. The monoisotopic (exact) mass is 512 g/mol. The molecule has 34 heavy (non-hydrogen) atoms. The number of carbonyl (C=O) groups excluding carboxylic acids is 2. The third-order valence-corrected chi connectivity index (χ3v) is 4.82. The van der Waals surface area contributed by atoms with Gasteiger partial charge in [0.1, 0.15) is 23.6 Å². The van der Waals surface area contributed by atoms with Crippen LogP contribution in [-0.2, 0) is 9.59 Å². The Morgan fingerprint density at radius 2 is 1.88 bits per heavy atom. The molecule has 1 amide bonds. The Hall–Kier alpha value is -2.77. The first kappa shape index (κ1) is 29.3. The number of rotatable bonds is 13. The highest BCUT2D eigenvalue weighted by molar-refractivity contribution is 6.31. The first-order chi connectivity index (χ1) is 16.4. The molecule has 0 bridgehead atoms. The predicted molar refractivity (Wildman–Crippen MR) is 134 cm³/mol. The number of allylic oxidation sites excluding steroid dienone is 1. The summed E-state index contributed by atoms with van der Waals surface area (Å²) in [6.07, 6.45) is 5.91. The molecule has 0 radical (unpaired) electrons. The molecule has 0 fully saturated rings. The van der Waals surface area contributed by atoms with Gasteiger partial charge in [-0.1, -0.05) is 42.3 Å². The van der Waals surface area contributed by atoms with E-state index in [0.29, 0.717) is 24.6 Å². The molecule has 0 aliphatic carbocycles. The van der Waals surface area contributed by atoms with E-state index < -0.39 is 5.82 Å². The highest BCUT2D eigenvalue weighted by Crippen LogP contribution is 2.20. The van der Waals surface area contributed by atoms with Gasteiger partial charge in [-0.3, -0.25) is 4.79 Å². The zero-order valence-electron chi connectivity index (χ0n) is 19.4. The number of carbonyl (C=O) groups is 2. The number of unbranched alkanes of at least 4 members (excludes halogenated alkanes) is 1. The molecule has 2 aromatic rings. The van der Waals surface area contributed by atoms with Crippen LogP contribution in [0.2, 0.25) is 10.0 Å². The van der Waals surface area contributed by atoms with Gasteiger partial charge in [0, 0.05) is 43.2 Å². The Kier molecular flexibility index (Phi) is 15.2. The molecule has 0 aromatic heterocycles. The van der Waals surface area contributed by atoms with E-state index in [1.165, 1.54) is 12.1 Å². The van der Waals surface area contributed by atoms with Crippen molar-refractivity contribution >= 4 is 35.4 Å². The van der Waals surface area contributed by atoms with Crippen LogP contribution < -0.4 is 20.1 Å². The quantitative estimate of drug-likeness (QED) is 0.270. The number of hydrogen-bond acceptors (Lipinski definition) is 5. The van der Waals surface area contributed by atoms with Gasteiger partial charge >= 0.3 is 0 Å². The Bertz CT molecular complexity index is 926. The van der Waals surface area contributed by atoms with Crippen molar-refractivity contribution in [2.45, 2.75) is 32.6 Å². The minimum atomic E-state index is -0.571. The van der Waals surface area contributed by atoms with Gasteiger partial charge in [-0.2, -0.15) is 0 Å². The van der Waals surface area contributed by atoms with Gasteiger partial charge in [-0.25, -0.2) is 4.39 Å². The Balaban J connectivity index is 0.000000380. The normalized spacial score (nSPS) is 10.6. The molecule has 186 valence electrons. The first-order valence-corrected chi connectivity index (χ1v) is 11.7. The van der Waals surface area contributed by atoms with E-state index in [1.807, 2.05) is 19.2 Å². The fraction of sp³-hybridized carbons (Fsp3) is 0.360. The van der Waals surface area contributed by atoms with Gasteiger partial charge in [0.15, 0.2) is 6.61 Å². The van der Waals surface area contributed by atoms with Crippen LogP contribution in [0.1, 0.15) is 32.6 Å². The molecule has 0 spiro atoms. The van der Waals surface area contributed by atoms with Crippen LogP contribution in [0.4, 0.5) is 4.39 Å². The summed E-state index contributed by atoms with van der Waals surface area (Å²) >= 11 is 11.3. The largest absolute Gasteiger partial charge is 0.494 e. The Labute approximate surface area is 210 Å². The van der Waals surface area contributed by atoms with E-state index >= 15 is 0 Å². The second-order valence-electron chi connectivity index (χ2n) is 6.97. The lowest BCUT2D eigenvalue weighted by atomic mass is 10.2. The lowest BCUT2D eigenvalue weighted by molar-refractivity contribution is -0.123. The van der Waals surface area contributed by atoms with Crippen molar-refractivity contribution in [3.63, 3.8) is 0 Å². The van der Waals surface area contributed by atoms with E-state index in [2.05, 4.69) is 23.6 Å². The van der Waals surface area contributed by atoms with Gasteiger partial charge in [0.25, 0.3) is 5.91 Å². The van der Waals surface area contributed by atoms with Crippen molar-refractivity contribution in [3.8, 4) is 11.5 Å². The van der Waals surface area contributed by atoms with Crippen LogP contribution in [0, 0.1) is 5.82 Å². The van der Waals surface area contributed by atoms with Gasteiger partial charge < -0.3 is 24.9 Å². The van der Waals surface area contributed by atoms with E-state index in [0.717, 1.165) is 43.1 Å². The highest BCUT2D eigenvalue weighted by Gasteiger charge is 2.05.